The van der Waals surface area contributed by atoms with Gasteiger partial charge in [0.2, 0.25) is 0 Å². The van der Waals surface area contributed by atoms with E-state index in [1.54, 1.807) is 9.80 Å². The SMILES string of the molecule is CN1C(=O)N(Cc2ccccc2)C2(CCN(C(=O)c3ccc(CCN)cc3)CC2)C1=O. The van der Waals surface area contributed by atoms with E-state index in [1.807, 2.05) is 54.6 Å². The van der Waals surface area contributed by atoms with E-state index >= 15 is 0 Å². The molecular weight excluding hydrogens is 392 g/mol. The van der Waals surface area contributed by atoms with Crippen LogP contribution in [-0.2, 0) is 17.8 Å². The molecule has 0 bridgehead atoms. The van der Waals surface area contributed by atoms with Gasteiger partial charge < -0.3 is 15.5 Å². The number of carbonyl (C=O) groups is 3. The Morgan fingerprint density at radius 2 is 1.61 bits per heavy atom. The van der Waals surface area contributed by atoms with Crippen LogP contribution in [0.25, 0.3) is 0 Å². The lowest BCUT2D eigenvalue weighted by Crippen LogP contribution is -2.57. The number of carbonyl (C=O) groups excluding carboxylic acids is 3. The van der Waals surface area contributed by atoms with Gasteiger partial charge in [0.15, 0.2) is 0 Å². The Morgan fingerprint density at radius 3 is 2.23 bits per heavy atom. The van der Waals surface area contributed by atoms with E-state index in [0.717, 1.165) is 17.5 Å². The maximum absolute atomic E-state index is 13.1. The van der Waals surface area contributed by atoms with Crippen LogP contribution in [0.5, 0.6) is 0 Å². The van der Waals surface area contributed by atoms with Crippen LogP contribution in [0, 0.1) is 0 Å². The lowest BCUT2D eigenvalue weighted by atomic mass is 9.85. The quantitative estimate of drug-likeness (QED) is 0.752. The standard InChI is InChI=1S/C24H28N4O3/c1-26-22(30)24(28(23(26)31)17-19-5-3-2-4-6-19)12-15-27(16-13-24)21(29)20-9-7-18(8-10-20)11-14-25/h2-10H,11-17,25H2,1H3. The zero-order chi connectivity index (χ0) is 22.0. The Hall–Kier alpha value is -3.19. The summed E-state index contributed by atoms with van der Waals surface area (Å²) < 4.78 is 0. The van der Waals surface area contributed by atoms with E-state index < -0.39 is 5.54 Å². The van der Waals surface area contributed by atoms with E-state index in [4.69, 9.17) is 5.73 Å². The second kappa shape index (κ2) is 8.51. The van der Waals surface area contributed by atoms with Crippen molar-refractivity contribution in [2.24, 2.45) is 5.73 Å². The molecule has 2 aliphatic heterocycles. The molecular formula is C24H28N4O3. The van der Waals surface area contributed by atoms with Crippen molar-refractivity contribution in [2.45, 2.75) is 31.3 Å². The van der Waals surface area contributed by atoms with Gasteiger partial charge in [-0.2, -0.15) is 0 Å². The maximum Gasteiger partial charge on any atom is 0.327 e. The van der Waals surface area contributed by atoms with Gasteiger partial charge in [0, 0.05) is 32.2 Å². The monoisotopic (exact) mass is 420 g/mol. The van der Waals surface area contributed by atoms with Gasteiger partial charge in [0.25, 0.3) is 11.8 Å². The van der Waals surface area contributed by atoms with Crippen LogP contribution in [0.1, 0.15) is 34.3 Å². The number of piperidine rings is 1. The third-order valence-electron chi connectivity index (χ3n) is 6.43. The molecule has 2 aromatic rings. The van der Waals surface area contributed by atoms with Crippen LogP contribution < -0.4 is 5.73 Å². The Bertz CT molecular complexity index is 966. The first-order valence-corrected chi connectivity index (χ1v) is 10.7. The molecule has 4 amide bonds. The van der Waals surface area contributed by atoms with E-state index in [9.17, 15) is 14.4 Å². The number of amides is 4. The molecule has 2 heterocycles. The molecule has 2 N–H and O–H groups in total. The highest BCUT2D eigenvalue weighted by Gasteiger charge is 2.57. The summed E-state index contributed by atoms with van der Waals surface area (Å²) in [4.78, 5) is 43.6. The van der Waals surface area contributed by atoms with Gasteiger partial charge in [-0.1, -0.05) is 42.5 Å². The highest BCUT2D eigenvalue weighted by molar-refractivity contribution is 6.07. The van der Waals surface area contributed by atoms with E-state index in [0.29, 0.717) is 44.6 Å². The molecule has 2 fully saturated rings. The minimum absolute atomic E-state index is 0.0473. The van der Waals surface area contributed by atoms with Crippen LogP contribution in [0.15, 0.2) is 54.6 Å². The average molecular weight is 421 g/mol. The van der Waals surface area contributed by atoms with Crippen molar-refractivity contribution in [1.29, 1.82) is 0 Å². The molecule has 0 saturated carbocycles. The predicted octanol–water partition coefficient (Wildman–Crippen LogP) is 2.26. The Labute approximate surface area is 182 Å². The molecule has 7 nitrogen and oxygen atoms in total. The summed E-state index contributed by atoms with van der Waals surface area (Å²) in [6.45, 7) is 1.82. The number of rotatable bonds is 5. The van der Waals surface area contributed by atoms with Crippen LogP contribution in [0.4, 0.5) is 4.79 Å². The smallest absolute Gasteiger partial charge is 0.327 e. The van der Waals surface area contributed by atoms with Gasteiger partial charge >= 0.3 is 6.03 Å². The summed E-state index contributed by atoms with van der Waals surface area (Å²) in [5, 5.41) is 0. The highest BCUT2D eigenvalue weighted by Crippen LogP contribution is 2.38. The number of urea groups is 1. The number of likely N-dealkylation sites (N-methyl/N-ethyl adjacent to an activating group) is 1. The lowest BCUT2D eigenvalue weighted by molar-refractivity contribution is -0.134. The van der Waals surface area contributed by atoms with Gasteiger partial charge in [-0.3, -0.25) is 14.5 Å². The van der Waals surface area contributed by atoms with E-state index in [-0.39, 0.29) is 17.8 Å². The average Bonchev–Trinajstić information content (AvgIpc) is 2.97. The second-order valence-corrected chi connectivity index (χ2v) is 8.28. The minimum atomic E-state index is -0.885. The van der Waals surface area contributed by atoms with E-state index in [2.05, 4.69) is 0 Å². The number of hydrogen-bond acceptors (Lipinski definition) is 4. The first-order valence-electron chi connectivity index (χ1n) is 10.7. The minimum Gasteiger partial charge on any atom is -0.338 e. The molecule has 31 heavy (non-hydrogen) atoms. The summed E-state index contributed by atoms with van der Waals surface area (Å²) in [5.74, 6) is -0.222. The van der Waals surface area contributed by atoms with Crippen molar-refractivity contribution >= 4 is 17.8 Å². The molecule has 2 saturated heterocycles. The molecule has 1 spiro atoms. The molecule has 2 aromatic carbocycles. The number of benzene rings is 2. The topological polar surface area (TPSA) is 87.0 Å². The number of likely N-dealkylation sites (tertiary alicyclic amines) is 1. The van der Waals surface area contributed by atoms with Gasteiger partial charge in [-0.05, 0) is 49.1 Å². The van der Waals surface area contributed by atoms with Crippen molar-refractivity contribution < 1.29 is 14.4 Å². The van der Waals surface area contributed by atoms with Gasteiger partial charge in [0.05, 0.1) is 0 Å². The van der Waals surface area contributed by atoms with Crippen molar-refractivity contribution in [3.63, 3.8) is 0 Å². The van der Waals surface area contributed by atoms with Crippen LogP contribution in [0.3, 0.4) is 0 Å². The molecule has 162 valence electrons. The fraction of sp³-hybridized carbons (Fsp3) is 0.375. The first-order chi connectivity index (χ1) is 15.0. The van der Waals surface area contributed by atoms with Gasteiger partial charge in [0.1, 0.15) is 5.54 Å². The third kappa shape index (κ3) is 3.81. The van der Waals surface area contributed by atoms with Gasteiger partial charge in [-0.15, -0.1) is 0 Å². The largest absolute Gasteiger partial charge is 0.338 e. The molecule has 0 radical (unpaired) electrons. The van der Waals surface area contributed by atoms with Gasteiger partial charge in [-0.25, -0.2) is 4.79 Å². The van der Waals surface area contributed by atoms with E-state index in [1.165, 1.54) is 11.9 Å². The maximum atomic E-state index is 13.1. The Balaban J connectivity index is 1.49. The Kier molecular flexibility index (Phi) is 5.78. The van der Waals surface area contributed by atoms with Crippen LogP contribution in [0.2, 0.25) is 0 Å². The van der Waals surface area contributed by atoms with Crippen molar-refractivity contribution in [3.8, 4) is 0 Å². The normalized spacial score (nSPS) is 18.2. The van der Waals surface area contributed by atoms with Crippen molar-refractivity contribution in [1.82, 2.24) is 14.7 Å². The first kappa shape index (κ1) is 21.1. The number of nitrogens with two attached hydrogens (primary N) is 1. The summed E-state index contributed by atoms with van der Waals surface area (Å²) in [6.07, 6.45) is 1.65. The van der Waals surface area contributed by atoms with Crippen LogP contribution >= 0.6 is 0 Å². The molecule has 7 heteroatoms. The number of imide groups is 1. The molecule has 0 atom stereocenters. The molecule has 0 unspecified atom stereocenters. The Morgan fingerprint density at radius 1 is 0.968 bits per heavy atom. The number of nitrogens with zero attached hydrogens (tertiary/aromatic N) is 3. The zero-order valence-corrected chi connectivity index (χ0v) is 17.8. The van der Waals surface area contributed by atoms with Crippen molar-refractivity contribution in [2.75, 3.05) is 26.7 Å². The second-order valence-electron chi connectivity index (χ2n) is 8.28. The van der Waals surface area contributed by atoms with Crippen molar-refractivity contribution in [3.05, 3.63) is 71.3 Å². The predicted molar refractivity (Wildman–Crippen MR) is 117 cm³/mol. The fourth-order valence-electron chi connectivity index (χ4n) is 4.59. The summed E-state index contributed by atoms with van der Waals surface area (Å²) in [6, 6.07) is 16.9. The summed E-state index contributed by atoms with van der Waals surface area (Å²) in [7, 11) is 1.54. The summed E-state index contributed by atoms with van der Waals surface area (Å²) >= 11 is 0. The third-order valence-corrected chi connectivity index (χ3v) is 6.43. The van der Waals surface area contributed by atoms with Crippen LogP contribution in [-0.4, -0.2) is 64.8 Å². The zero-order valence-electron chi connectivity index (χ0n) is 17.8. The molecule has 0 aromatic heterocycles. The summed E-state index contributed by atoms with van der Waals surface area (Å²) in [5.41, 5.74) is 7.42. The fourth-order valence-corrected chi connectivity index (χ4v) is 4.59. The number of hydrogen-bond donors (Lipinski definition) is 1. The highest BCUT2D eigenvalue weighted by atomic mass is 16.2. The lowest BCUT2D eigenvalue weighted by Gasteiger charge is -2.42. The molecule has 4 rings (SSSR count). The molecule has 2 aliphatic rings. The molecule has 0 aliphatic carbocycles.